The summed E-state index contributed by atoms with van der Waals surface area (Å²) in [5, 5.41) is 11.5. The molecule has 0 saturated carbocycles. The van der Waals surface area contributed by atoms with Crippen molar-refractivity contribution in [2.45, 2.75) is 6.42 Å². The van der Waals surface area contributed by atoms with Crippen LogP contribution in [0.4, 0.5) is 11.4 Å². The summed E-state index contributed by atoms with van der Waals surface area (Å²) >= 11 is 3.26. The number of nitro benzene ring substituents is 1. The van der Waals surface area contributed by atoms with Crippen molar-refractivity contribution in [3.63, 3.8) is 0 Å². The van der Waals surface area contributed by atoms with Gasteiger partial charge in [0.15, 0.2) is 0 Å². The van der Waals surface area contributed by atoms with Gasteiger partial charge < -0.3 is 9.80 Å². The zero-order valence-corrected chi connectivity index (χ0v) is 12.6. The van der Waals surface area contributed by atoms with Gasteiger partial charge in [0.05, 0.1) is 4.92 Å². The Morgan fingerprint density at radius 1 is 1.30 bits per heavy atom. The molecular formula is C13H16BrN3O3. The Bertz CT molecular complexity index is 501. The molecule has 0 bridgehead atoms. The van der Waals surface area contributed by atoms with Crippen molar-refractivity contribution < 1.29 is 9.72 Å². The lowest BCUT2D eigenvalue weighted by atomic mass is 10.2. The van der Waals surface area contributed by atoms with Gasteiger partial charge in [0.1, 0.15) is 0 Å². The van der Waals surface area contributed by atoms with Crippen molar-refractivity contribution in [1.82, 2.24) is 4.90 Å². The number of carbonyl (C=O) groups is 1. The van der Waals surface area contributed by atoms with E-state index in [0.717, 1.165) is 5.69 Å². The van der Waals surface area contributed by atoms with Crippen molar-refractivity contribution in [1.29, 1.82) is 0 Å². The Morgan fingerprint density at radius 2 is 2.00 bits per heavy atom. The van der Waals surface area contributed by atoms with E-state index in [4.69, 9.17) is 0 Å². The molecule has 2 rings (SSSR count). The fourth-order valence-electron chi connectivity index (χ4n) is 2.26. The van der Waals surface area contributed by atoms with E-state index in [0.29, 0.717) is 37.9 Å². The summed E-state index contributed by atoms with van der Waals surface area (Å²) in [6.45, 7) is 2.73. The maximum atomic E-state index is 11.8. The summed E-state index contributed by atoms with van der Waals surface area (Å²) in [7, 11) is 0. The van der Waals surface area contributed by atoms with Gasteiger partial charge >= 0.3 is 0 Å². The molecule has 1 amide bonds. The molecule has 0 spiro atoms. The molecule has 0 aliphatic carbocycles. The van der Waals surface area contributed by atoms with E-state index in [1.807, 2.05) is 11.0 Å². The smallest absolute Gasteiger partial charge is 0.271 e. The Kier molecular flexibility index (Phi) is 4.94. The molecule has 1 aliphatic rings. The summed E-state index contributed by atoms with van der Waals surface area (Å²) in [6.07, 6.45) is 0.511. The highest BCUT2D eigenvalue weighted by atomic mass is 79.9. The molecule has 0 unspecified atom stereocenters. The molecule has 20 heavy (non-hydrogen) atoms. The van der Waals surface area contributed by atoms with Crippen molar-refractivity contribution in [2.75, 3.05) is 36.4 Å². The summed E-state index contributed by atoms with van der Waals surface area (Å²) in [4.78, 5) is 26.1. The normalized spacial score (nSPS) is 15.2. The number of alkyl halides is 1. The third-order valence-corrected chi connectivity index (χ3v) is 3.74. The van der Waals surface area contributed by atoms with Gasteiger partial charge in [0.25, 0.3) is 5.69 Å². The van der Waals surface area contributed by atoms with Crippen molar-refractivity contribution in [3.8, 4) is 0 Å². The van der Waals surface area contributed by atoms with E-state index in [1.54, 1.807) is 12.1 Å². The number of nitro groups is 1. The molecule has 6 nitrogen and oxygen atoms in total. The van der Waals surface area contributed by atoms with Crippen LogP contribution in [0.3, 0.4) is 0 Å². The van der Waals surface area contributed by atoms with Crippen LogP contribution in [0, 0.1) is 10.1 Å². The fraction of sp³-hybridized carbons (Fsp3) is 0.462. The average molecular weight is 342 g/mol. The molecule has 1 aromatic rings. The Balaban J connectivity index is 1.98. The molecule has 0 radical (unpaired) electrons. The number of piperazine rings is 1. The number of anilines is 1. The van der Waals surface area contributed by atoms with Gasteiger partial charge in [-0.15, -0.1) is 0 Å². The SMILES string of the molecule is O=C(CCBr)N1CCN(c2cccc([N+](=O)[O-])c2)CC1. The molecular weight excluding hydrogens is 326 g/mol. The lowest BCUT2D eigenvalue weighted by molar-refractivity contribution is -0.384. The Hall–Kier alpha value is -1.63. The third-order valence-electron chi connectivity index (χ3n) is 3.35. The van der Waals surface area contributed by atoms with Gasteiger partial charge in [-0.3, -0.25) is 14.9 Å². The standard InChI is InChI=1S/C13H16BrN3O3/c14-5-4-13(18)16-8-6-15(7-9-16)11-2-1-3-12(10-11)17(19)20/h1-3,10H,4-9H2. The van der Waals surface area contributed by atoms with E-state index in [2.05, 4.69) is 20.8 Å². The molecule has 1 aromatic carbocycles. The van der Waals surface area contributed by atoms with E-state index < -0.39 is 0 Å². The van der Waals surface area contributed by atoms with Gasteiger partial charge in [0, 0.05) is 55.8 Å². The number of nitrogens with zero attached hydrogens (tertiary/aromatic N) is 3. The number of halogens is 1. The molecule has 0 aromatic heterocycles. The number of hydrogen-bond donors (Lipinski definition) is 0. The highest BCUT2D eigenvalue weighted by Gasteiger charge is 2.21. The van der Waals surface area contributed by atoms with Gasteiger partial charge in [0.2, 0.25) is 5.91 Å². The maximum Gasteiger partial charge on any atom is 0.271 e. The number of amides is 1. The third kappa shape index (κ3) is 3.47. The zero-order valence-electron chi connectivity index (χ0n) is 11.0. The van der Waals surface area contributed by atoms with Crippen LogP contribution in [-0.4, -0.2) is 47.2 Å². The molecule has 1 heterocycles. The average Bonchev–Trinajstić information content (AvgIpc) is 2.48. The van der Waals surface area contributed by atoms with E-state index in [1.165, 1.54) is 6.07 Å². The van der Waals surface area contributed by atoms with Crippen molar-refractivity contribution in [3.05, 3.63) is 34.4 Å². The number of rotatable bonds is 4. The quantitative estimate of drug-likeness (QED) is 0.477. The molecule has 0 atom stereocenters. The zero-order chi connectivity index (χ0) is 14.5. The molecule has 1 aliphatic heterocycles. The van der Waals surface area contributed by atoms with Gasteiger partial charge in [-0.1, -0.05) is 22.0 Å². The molecule has 7 heteroatoms. The van der Waals surface area contributed by atoms with Gasteiger partial charge in [-0.05, 0) is 6.07 Å². The second-order valence-electron chi connectivity index (χ2n) is 4.58. The lowest BCUT2D eigenvalue weighted by Crippen LogP contribution is -2.48. The summed E-state index contributed by atoms with van der Waals surface area (Å²) in [5.41, 5.74) is 0.937. The van der Waals surface area contributed by atoms with Gasteiger partial charge in [-0.25, -0.2) is 0 Å². The topological polar surface area (TPSA) is 66.7 Å². The van der Waals surface area contributed by atoms with Crippen LogP contribution in [-0.2, 0) is 4.79 Å². The highest BCUT2D eigenvalue weighted by Crippen LogP contribution is 2.22. The molecule has 108 valence electrons. The van der Waals surface area contributed by atoms with Crippen molar-refractivity contribution >= 4 is 33.2 Å². The predicted octanol–water partition coefficient (Wildman–Crippen LogP) is 2.03. The first-order valence-corrected chi connectivity index (χ1v) is 7.57. The molecule has 1 fully saturated rings. The first kappa shape index (κ1) is 14.8. The van der Waals surface area contributed by atoms with Gasteiger partial charge in [-0.2, -0.15) is 0 Å². The predicted molar refractivity (Wildman–Crippen MR) is 80.3 cm³/mol. The van der Waals surface area contributed by atoms with Crippen LogP contribution in [0.15, 0.2) is 24.3 Å². The van der Waals surface area contributed by atoms with Crippen LogP contribution in [0.5, 0.6) is 0 Å². The number of hydrogen-bond acceptors (Lipinski definition) is 4. The Labute approximate surface area is 125 Å². The summed E-state index contributed by atoms with van der Waals surface area (Å²) < 4.78 is 0. The van der Waals surface area contributed by atoms with E-state index in [9.17, 15) is 14.9 Å². The lowest BCUT2D eigenvalue weighted by Gasteiger charge is -2.36. The summed E-state index contributed by atoms with van der Waals surface area (Å²) in [6, 6.07) is 6.62. The van der Waals surface area contributed by atoms with Crippen molar-refractivity contribution in [2.24, 2.45) is 0 Å². The minimum absolute atomic E-state index is 0.0975. The van der Waals surface area contributed by atoms with E-state index >= 15 is 0 Å². The highest BCUT2D eigenvalue weighted by molar-refractivity contribution is 9.09. The second kappa shape index (κ2) is 6.69. The van der Waals surface area contributed by atoms with Crippen LogP contribution in [0.25, 0.3) is 0 Å². The van der Waals surface area contributed by atoms with Crippen LogP contribution < -0.4 is 4.90 Å². The first-order valence-electron chi connectivity index (χ1n) is 6.45. The minimum Gasteiger partial charge on any atom is -0.368 e. The fourth-order valence-corrected chi connectivity index (χ4v) is 2.60. The van der Waals surface area contributed by atoms with Crippen LogP contribution in [0.1, 0.15) is 6.42 Å². The van der Waals surface area contributed by atoms with Crippen LogP contribution >= 0.6 is 15.9 Å². The Morgan fingerprint density at radius 3 is 2.60 bits per heavy atom. The maximum absolute atomic E-state index is 11.8. The van der Waals surface area contributed by atoms with Crippen LogP contribution in [0.2, 0.25) is 0 Å². The van der Waals surface area contributed by atoms with E-state index in [-0.39, 0.29) is 16.5 Å². The first-order chi connectivity index (χ1) is 9.61. The molecule has 0 N–H and O–H groups in total. The minimum atomic E-state index is -0.390. The molecule has 1 saturated heterocycles. The number of benzene rings is 1. The number of non-ortho nitro benzene ring substituents is 1. The largest absolute Gasteiger partial charge is 0.368 e. The monoisotopic (exact) mass is 341 g/mol. The second-order valence-corrected chi connectivity index (χ2v) is 5.38. The summed E-state index contributed by atoms with van der Waals surface area (Å²) in [5.74, 6) is 0.153. The number of carbonyl (C=O) groups excluding carboxylic acids is 1.